The van der Waals surface area contributed by atoms with Gasteiger partial charge in [0.05, 0.1) is 0 Å². The summed E-state index contributed by atoms with van der Waals surface area (Å²) in [7, 11) is -1.26. The zero-order valence-corrected chi connectivity index (χ0v) is 13.4. The smallest absolute Gasteiger partial charge is 0.791 e. The SMILES string of the molecule is CCCCc1ccc(S([O-])=S)cc1.[K+]. The van der Waals surface area contributed by atoms with Gasteiger partial charge >= 0.3 is 51.4 Å². The first-order valence-corrected chi connectivity index (χ1v) is 6.49. The third-order valence-electron chi connectivity index (χ3n) is 1.93. The largest absolute Gasteiger partial charge is 1.00 e. The topological polar surface area (TPSA) is 23.1 Å². The normalized spacial score (nSPS) is 11.9. The van der Waals surface area contributed by atoms with Gasteiger partial charge in [-0.15, -0.1) is 0 Å². The second kappa shape index (κ2) is 8.53. The number of unbranched alkanes of at least 4 members (excludes halogenated alkanes) is 1. The molecule has 4 heteroatoms. The molecule has 0 spiro atoms. The molecule has 0 aromatic heterocycles. The molecule has 0 aliphatic carbocycles. The van der Waals surface area contributed by atoms with Crippen molar-refractivity contribution in [3.63, 3.8) is 0 Å². The first kappa shape index (κ1) is 15.4. The van der Waals surface area contributed by atoms with E-state index in [9.17, 15) is 4.55 Å². The Kier molecular flexibility index (Phi) is 9.37. The Labute approximate surface area is 136 Å². The number of hydrogen-bond donors (Lipinski definition) is 0. The maximum atomic E-state index is 10.9. The molecular formula is C10H13KOS2. The van der Waals surface area contributed by atoms with Crippen LogP contribution in [0.3, 0.4) is 0 Å². The summed E-state index contributed by atoms with van der Waals surface area (Å²) >= 11 is 4.65. The van der Waals surface area contributed by atoms with Gasteiger partial charge in [-0.3, -0.25) is 0 Å². The Balaban J connectivity index is 0.00000169. The van der Waals surface area contributed by atoms with Crippen LogP contribution in [0.25, 0.3) is 0 Å². The van der Waals surface area contributed by atoms with Crippen molar-refractivity contribution >= 4 is 20.9 Å². The van der Waals surface area contributed by atoms with Gasteiger partial charge < -0.3 is 4.55 Å². The van der Waals surface area contributed by atoms with Gasteiger partial charge in [0, 0.05) is 0 Å². The maximum Gasteiger partial charge on any atom is 1.00 e. The zero-order valence-electron chi connectivity index (χ0n) is 8.66. The Morgan fingerprint density at radius 3 is 2.29 bits per heavy atom. The molecule has 0 saturated carbocycles. The monoisotopic (exact) mass is 252 g/mol. The van der Waals surface area contributed by atoms with E-state index in [1.54, 1.807) is 0 Å². The van der Waals surface area contributed by atoms with E-state index in [4.69, 9.17) is 0 Å². The molecule has 1 aromatic rings. The third kappa shape index (κ3) is 5.46. The van der Waals surface area contributed by atoms with E-state index in [2.05, 4.69) is 18.1 Å². The molecule has 1 aromatic carbocycles. The quantitative estimate of drug-likeness (QED) is 0.681. The molecule has 1 rings (SSSR count). The summed E-state index contributed by atoms with van der Waals surface area (Å²) in [6.07, 6.45) is 3.51. The molecule has 0 N–H and O–H groups in total. The van der Waals surface area contributed by atoms with E-state index in [-0.39, 0.29) is 51.4 Å². The Morgan fingerprint density at radius 1 is 1.29 bits per heavy atom. The Bertz CT molecular complexity index is 285. The zero-order chi connectivity index (χ0) is 9.68. The van der Waals surface area contributed by atoms with Crippen LogP contribution in [0.1, 0.15) is 25.3 Å². The summed E-state index contributed by atoms with van der Waals surface area (Å²) in [5.74, 6) is 0. The predicted octanol–water partition coefficient (Wildman–Crippen LogP) is -0.397. The van der Waals surface area contributed by atoms with Crippen molar-refractivity contribution in [2.75, 3.05) is 0 Å². The fourth-order valence-electron chi connectivity index (χ4n) is 1.15. The van der Waals surface area contributed by atoms with Gasteiger partial charge in [0.15, 0.2) is 0 Å². The average Bonchev–Trinajstić information content (AvgIpc) is 2.15. The van der Waals surface area contributed by atoms with Crippen LogP contribution in [0, 0.1) is 0 Å². The second-order valence-electron chi connectivity index (χ2n) is 2.98. The molecule has 0 amide bonds. The van der Waals surface area contributed by atoms with E-state index >= 15 is 0 Å². The second-order valence-corrected chi connectivity index (χ2v) is 4.83. The van der Waals surface area contributed by atoms with Crippen LogP contribution in [0.15, 0.2) is 29.2 Å². The summed E-state index contributed by atoms with van der Waals surface area (Å²) in [5, 5.41) is 0. The van der Waals surface area contributed by atoms with E-state index in [0.29, 0.717) is 0 Å². The molecule has 14 heavy (non-hydrogen) atoms. The minimum atomic E-state index is -1.26. The first-order chi connectivity index (χ1) is 6.24. The van der Waals surface area contributed by atoms with Crippen LogP contribution >= 0.6 is 0 Å². The van der Waals surface area contributed by atoms with Gasteiger partial charge in [0.1, 0.15) is 0 Å². The third-order valence-corrected chi connectivity index (χ3v) is 3.17. The van der Waals surface area contributed by atoms with Gasteiger partial charge in [-0.05, 0) is 35.4 Å². The first-order valence-electron chi connectivity index (χ1n) is 4.42. The van der Waals surface area contributed by atoms with Gasteiger partial charge in [0.2, 0.25) is 0 Å². The van der Waals surface area contributed by atoms with E-state index in [0.717, 1.165) is 11.3 Å². The molecule has 0 aliphatic rings. The molecule has 1 nitrogen and oxygen atoms in total. The van der Waals surface area contributed by atoms with Crippen LogP contribution < -0.4 is 51.4 Å². The minimum absolute atomic E-state index is 0. The van der Waals surface area contributed by atoms with Crippen molar-refractivity contribution in [2.24, 2.45) is 0 Å². The number of hydrogen-bond acceptors (Lipinski definition) is 2. The van der Waals surface area contributed by atoms with Gasteiger partial charge in [-0.1, -0.05) is 36.7 Å². The molecule has 0 fully saturated rings. The molecular weight excluding hydrogens is 239 g/mol. The van der Waals surface area contributed by atoms with Crippen molar-refractivity contribution < 1.29 is 55.9 Å². The van der Waals surface area contributed by atoms with Gasteiger partial charge in [0.25, 0.3) is 0 Å². The Hall–Kier alpha value is 1.39. The molecule has 1 unspecified atom stereocenters. The minimum Gasteiger partial charge on any atom is -0.791 e. The number of aryl methyl sites for hydroxylation is 1. The van der Waals surface area contributed by atoms with Crippen LogP contribution in [-0.4, -0.2) is 4.55 Å². The van der Waals surface area contributed by atoms with Crippen LogP contribution in [0.4, 0.5) is 0 Å². The van der Waals surface area contributed by atoms with Crippen molar-refractivity contribution in [1.82, 2.24) is 0 Å². The molecule has 0 aliphatic heterocycles. The molecule has 1 atom stereocenters. The summed E-state index contributed by atoms with van der Waals surface area (Å²) in [6, 6.07) is 7.73. The molecule has 0 radical (unpaired) electrons. The maximum absolute atomic E-state index is 10.9. The van der Waals surface area contributed by atoms with Crippen molar-refractivity contribution in [3.05, 3.63) is 29.8 Å². The van der Waals surface area contributed by atoms with Crippen LogP contribution in [0.5, 0.6) is 0 Å². The standard InChI is InChI=1S/C10H14OS2.K/c1-2-3-4-9-5-7-10(8-6-9)13(11)12;/h5-8H,2-4H2,1H3,(H,11,12);/q;+1/p-1. The summed E-state index contributed by atoms with van der Waals surface area (Å²) < 4.78 is 10.9. The van der Waals surface area contributed by atoms with Crippen molar-refractivity contribution in [3.8, 4) is 0 Å². The number of benzene rings is 1. The van der Waals surface area contributed by atoms with Crippen molar-refractivity contribution in [1.29, 1.82) is 0 Å². The summed E-state index contributed by atoms with van der Waals surface area (Å²) in [4.78, 5) is 0.732. The fourth-order valence-corrected chi connectivity index (χ4v) is 1.84. The molecule has 0 bridgehead atoms. The van der Waals surface area contributed by atoms with E-state index in [1.165, 1.54) is 18.4 Å². The number of rotatable bonds is 4. The Morgan fingerprint density at radius 2 is 1.86 bits per heavy atom. The van der Waals surface area contributed by atoms with Crippen LogP contribution in [-0.2, 0) is 27.3 Å². The van der Waals surface area contributed by atoms with Gasteiger partial charge in [-0.25, -0.2) is 0 Å². The van der Waals surface area contributed by atoms with Gasteiger partial charge in [-0.2, -0.15) is 9.74 Å². The molecule has 72 valence electrons. The van der Waals surface area contributed by atoms with E-state index in [1.807, 2.05) is 24.3 Å². The molecule has 0 heterocycles. The summed E-state index contributed by atoms with van der Waals surface area (Å²) in [5.41, 5.74) is 1.30. The summed E-state index contributed by atoms with van der Waals surface area (Å²) in [6.45, 7) is 2.17. The fraction of sp³-hybridized carbons (Fsp3) is 0.400. The molecule has 0 saturated heterocycles. The average molecular weight is 252 g/mol. The van der Waals surface area contributed by atoms with Crippen molar-refractivity contribution in [2.45, 2.75) is 31.1 Å². The van der Waals surface area contributed by atoms with Crippen LogP contribution in [0.2, 0.25) is 0 Å². The predicted molar refractivity (Wildman–Crippen MR) is 58.8 cm³/mol. The van der Waals surface area contributed by atoms with E-state index < -0.39 is 9.74 Å².